The summed E-state index contributed by atoms with van der Waals surface area (Å²) in [7, 11) is 2.25. The third-order valence-corrected chi connectivity index (χ3v) is 5.14. The molecule has 3 fully saturated rings. The van der Waals surface area contributed by atoms with Gasteiger partial charge in [-0.2, -0.15) is 0 Å². The Kier molecular flexibility index (Phi) is 2.73. The molecule has 2 aliphatic heterocycles. The van der Waals surface area contributed by atoms with E-state index >= 15 is 0 Å². The average molecular weight is 223 g/mol. The first-order valence-corrected chi connectivity index (χ1v) is 6.89. The molecule has 0 aromatic carbocycles. The van der Waals surface area contributed by atoms with Gasteiger partial charge in [0.1, 0.15) is 0 Å². The molecular formula is C13H25N3. The van der Waals surface area contributed by atoms with Gasteiger partial charge in [0.2, 0.25) is 0 Å². The number of likely N-dealkylation sites (N-methyl/N-ethyl adjacent to an activating group) is 1. The van der Waals surface area contributed by atoms with Gasteiger partial charge in [-0.15, -0.1) is 0 Å². The van der Waals surface area contributed by atoms with Gasteiger partial charge in [0.25, 0.3) is 0 Å². The topological polar surface area (TPSA) is 32.5 Å². The van der Waals surface area contributed by atoms with Crippen LogP contribution in [0.2, 0.25) is 0 Å². The van der Waals surface area contributed by atoms with Gasteiger partial charge in [0.05, 0.1) is 0 Å². The van der Waals surface area contributed by atoms with Crippen molar-refractivity contribution >= 4 is 0 Å². The minimum absolute atomic E-state index is 0.312. The predicted octanol–water partition coefficient (Wildman–Crippen LogP) is 0.894. The fourth-order valence-electron chi connectivity index (χ4n) is 4.36. The first-order valence-electron chi connectivity index (χ1n) is 6.89. The molecule has 3 aliphatic rings. The van der Waals surface area contributed by atoms with Crippen LogP contribution in [-0.2, 0) is 0 Å². The molecule has 2 heterocycles. The van der Waals surface area contributed by atoms with Gasteiger partial charge in [-0.05, 0) is 51.6 Å². The monoisotopic (exact) mass is 223 g/mol. The van der Waals surface area contributed by atoms with Gasteiger partial charge >= 0.3 is 0 Å². The van der Waals surface area contributed by atoms with Gasteiger partial charge in [-0.3, -0.25) is 4.90 Å². The van der Waals surface area contributed by atoms with Crippen molar-refractivity contribution < 1.29 is 0 Å². The molecule has 3 nitrogen and oxygen atoms in total. The van der Waals surface area contributed by atoms with Crippen LogP contribution in [0.25, 0.3) is 0 Å². The molecule has 1 aliphatic carbocycles. The van der Waals surface area contributed by atoms with Gasteiger partial charge in [-0.25, -0.2) is 0 Å². The Hall–Kier alpha value is -0.120. The molecule has 3 unspecified atom stereocenters. The van der Waals surface area contributed by atoms with E-state index in [-0.39, 0.29) is 0 Å². The van der Waals surface area contributed by atoms with Crippen LogP contribution < -0.4 is 5.73 Å². The highest BCUT2D eigenvalue weighted by atomic mass is 15.3. The van der Waals surface area contributed by atoms with E-state index in [1.807, 2.05) is 0 Å². The molecule has 3 atom stereocenters. The highest BCUT2D eigenvalue weighted by Gasteiger charge is 2.48. The van der Waals surface area contributed by atoms with Crippen molar-refractivity contribution in [3.05, 3.63) is 0 Å². The summed E-state index contributed by atoms with van der Waals surface area (Å²) in [6.45, 7) is 4.62. The van der Waals surface area contributed by atoms with Crippen molar-refractivity contribution in [2.24, 2.45) is 11.7 Å². The molecule has 0 amide bonds. The SMILES string of the molecule is CN1CCCC(CN)(N2CC3CCC2C3)C1. The summed E-state index contributed by atoms with van der Waals surface area (Å²) in [5.74, 6) is 0.987. The van der Waals surface area contributed by atoms with Crippen LogP contribution in [0.1, 0.15) is 32.1 Å². The summed E-state index contributed by atoms with van der Waals surface area (Å²) in [6, 6.07) is 0.861. The molecule has 92 valence electrons. The van der Waals surface area contributed by atoms with E-state index in [1.165, 1.54) is 51.7 Å². The van der Waals surface area contributed by atoms with Crippen LogP contribution in [0.3, 0.4) is 0 Å². The maximum atomic E-state index is 6.14. The Balaban J connectivity index is 1.79. The van der Waals surface area contributed by atoms with E-state index in [9.17, 15) is 0 Å². The second-order valence-electron chi connectivity index (χ2n) is 6.26. The van der Waals surface area contributed by atoms with Crippen LogP contribution >= 0.6 is 0 Å². The maximum absolute atomic E-state index is 6.14. The lowest BCUT2D eigenvalue weighted by molar-refractivity contribution is 0.00471. The quantitative estimate of drug-likeness (QED) is 0.755. The third-order valence-electron chi connectivity index (χ3n) is 5.14. The number of hydrogen-bond acceptors (Lipinski definition) is 3. The molecule has 0 aromatic heterocycles. The largest absolute Gasteiger partial charge is 0.329 e. The van der Waals surface area contributed by atoms with E-state index in [1.54, 1.807) is 0 Å². The third kappa shape index (κ3) is 1.60. The molecule has 2 bridgehead atoms. The van der Waals surface area contributed by atoms with Crippen molar-refractivity contribution in [2.45, 2.75) is 43.7 Å². The molecular weight excluding hydrogens is 198 g/mol. The standard InChI is InChI=1S/C13H25N3/c1-15-6-2-5-13(9-14,10-15)16-8-11-3-4-12(16)7-11/h11-12H,2-10,14H2,1H3. The minimum Gasteiger partial charge on any atom is -0.329 e. The Labute approximate surface area is 99.0 Å². The number of nitrogens with zero attached hydrogens (tertiary/aromatic N) is 2. The fourth-order valence-corrected chi connectivity index (χ4v) is 4.36. The summed E-state index contributed by atoms with van der Waals surface area (Å²) < 4.78 is 0. The minimum atomic E-state index is 0.312. The van der Waals surface area contributed by atoms with Gasteiger partial charge in [0.15, 0.2) is 0 Å². The number of fused-ring (bicyclic) bond motifs is 2. The molecule has 3 rings (SSSR count). The second kappa shape index (κ2) is 3.97. The van der Waals surface area contributed by atoms with Crippen molar-refractivity contribution in [2.75, 3.05) is 33.2 Å². The molecule has 0 spiro atoms. The first-order chi connectivity index (χ1) is 7.73. The first kappa shape index (κ1) is 11.0. The number of rotatable bonds is 2. The lowest BCUT2D eigenvalue weighted by Crippen LogP contribution is -2.63. The summed E-state index contributed by atoms with van der Waals surface area (Å²) >= 11 is 0. The maximum Gasteiger partial charge on any atom is 0.0461 e. The normalized spacial score (nSPS) is 45.4. The van der Waals surface area contributed by atoms with E-state index < -0.39 is 0 Å². The average Bonchev–Trinajstić information content (AvgIpc) is 2.90. The lowest BCUT2D eigenvalue weighted by Gasteiger charge is -2.50. The zero-order valence-corrected chi connectivity index (χ0v) is 10.5. The van der Waals surface area contributed by atoms with Gasteiger partial charge < -0.3 is 10.6 Å². The Morgan fingerprint density at radius 2 is 2.25 bits per heavy atom. The highest BCUT2D eigenvalue weighted by Crippen LogP contribution is 2.43. The zero-order valence-electron chi connectivity index (χ0n) is 10.5. The molecule has 3 heteroatoms. The highest BCUT2D eigenvalue weighted by molar-refractivity contribution is 5.05. The predicted molar refractivity (Wildman–Crippen MR) is 66.4 cm³/mol. The molecule has 0 aromatic rings. The van der Waals surface area contributed by atoms with Crippen LogP contribution in [-0.4, -0.2) is 54.6 Å². The van der Waals surface area contributed by atoms with E-state index in [4.69, 9.17) is 5.73 Å². The number of likely N-dealkylation sites (tertiary alicyclic amines) is 2. The Morgan fingerprint density at radius 3 is 2.81 bits per heavy atom. The van der Waals surface area contributed by atoms with Crippen molar-refractivity contribution in [1.29, 1.82) is 0 Å². The van der Waals surface area contributed by atoms with Gasteiger partial charge in [-0.1, -0.05) is 0 Å². The van der Waals surface area contributed by atoms with Crippen molar-refractivity contribution in [3.8, 4) is 0 Å². The van der Waals surface area contributed by atoms with E-state index in [0.29, 0.717) is 5.54 Å². The molecule has 1 saturated carbocycles. The van der Waals surface area contributed by atoms with Crippen LogP contribution in [0.4, 0.5) is 0 Å². The number of hydrogen-bond donors (Lipinski definition) is 1. The van der Waals surface area contributed by atoms with Crippen LogP contribution in [0, 0.1) is 5.92 Å². The van der Waals surface area contributed by atoms with E-state index in [0.717, 1.165) is 18.5 Å². The summed E-state index contributed by atoms with van der Waals surface area (Å²) in [6.07, 6.45) is 6.98. The second-order valence-corrected chi connectivity index (χ2v) is 6.26. The molecule has 16 heavy (non-hydrogen) atoms. The zero-order chi connectivity index (χ0) is 11.2. The summed E-state index contributed by atoms with van der Waals surface area (Å²) in [4.78, 5) is 5.26. The fraction of sp³-hybridized carbons (Fsp3) is 1.00. The number of nitrogens with two attached hydrogens (primary N) is 1. The Morgan fingerprint density at radius 1 is 1.38 bits per heavy atom. The smallest absolute Gasteiger partial charge is 0.0461 e. The van der Waals surface area contributed by atoms with Crippen molar-refractivity contribution in [1.82, 2.24) is 9.80 Å². The molecule has 2 saturated heterocycles. The van der Waals surface area contributed by atoms with Crippen LogP contribution in [0.15, 0.2) is 0 Å². The lowest BCUT2D eigenvalue weighted by atomic mass is 9.85. The summed E-state index contributed by atoms with van der Waals surface area (Å²) in [5.41, 5.74) is 6.46. The number of piperidine rings is 2. The van der Waals surface area contributed by atoms with Crippen LogP contribution in [0.5, 0.6) is 0 Å². The molecule has 0 radical (unpaired) electrons. The van der Waals surface area contributed by atoms with Gasteiger partial charge in [0, 0.05) is 31.2 Å². The van der Waals surface area contributed by atoms with Crippen molar-refractivity contribution in [3.63, 3.8) is 0 Å². The summed E-state index contributed by atoms with van der Waals surface area (Å²) in [5, 5.41) is 0. The van der Waals surface area contributed by atoms with E-state index in [2.05, 4.69) is 16.8 Å². The molecule has 2 N–H and O–H groups in total. The Bertz CT molecular complexity index is 268.